The van der Waals surface area contributed by atoms with E-state index in [2.05, 4.69) is 4.98 Å². The fourth-order valence-corrected chi connectivity index (χ4v) is 2.03. The number of hydrogen-bond acceptors (Lipinski definition) is 1. The predicted octanol–water partition coefficient (Wildman–Crippen LogP) is 3.99. The van der Waals surface area contributed by atoms with Gasteiger partial charge in [0.2, 0.25) is 0 Å². The lowest BCUT2D eigenvalue weighted by molar-refractivity contribution is -0.140. The van der Waals surface area contributed by atoms with Crippen molar-refractivity contribution in [2.45, 2.75) is 18.6 Å². The third-order valence-corrected chi connectivity index (χ3v) is 2.81. The average molecular weight is 283 g/mol. The van der Waals surface area contributed by atoms with Crippen LogP contribution in [-0.2, 0) is 12.4 Å². The molecule has 0 aliphatic heterocycles. The molecule has 7 heteroatoms. The number of rotatable bonds is 2. The normalized spacial score (nSPS) is 12.3. The lowest BCUT2D eigenvalue weighted by Gasteiger charge is -2.10. The van der Waals surface area contributed by atoms with Gasteiger partial charge in [-0.05, 0) is 12.1 Å². The minimum Gasteiger partial charge on any atom is -0.318 e. The molecule has 0 fully saturated rings. The third kappa shape index (κ3) is 2.50. The Bertz CT molecular complexity index is 548. The first kappa shape index (κ1) is 12.5. The number of aromatic nitrogens is 2. The van der Waals surface area contributed by atoms with Gasteiger partial charge < -0.3 is 4.57 Å². The van der Waals surface area contributed by atoms with Crippen molar-refractivity contribution in [3.05, 3.63) is 29.0 Å². The van der Waals surface area contributed by atoms with Gasteiger partial charge in [-0.1, -0.05) is 17.7 Å². The van der Waals surface area contributed by atoms with Crippen LogP contribution < -0.4 is 0 Å². The molecule has 17 heavy (non-hydrogen) atoms. The van der Waals surface area contributed by atoms with E-state index in [4.69, 9.17) is 23.2 Å². The number of nitrogens with zero attached hydrogens (tertiary/aromatic N) is 2. The quantitative estimate of drug-likeness (QED) is 0.762. The second kappa shape index (κ2) is 4.38. The van der Waals surface area contributed by atoms with Crippen LogP contribution in [0.3, 0.4) is 0 Å². The van der Waals surface area contributed by atoms with Crippen LogP contribution in [-0.4, -0.2) is 15.7 Å². The van der Waals surface area contributed by atoms with E-state index < -0.39 is 12.7 Å². The molecule has 0 saturated carbocycles. The topological polar surface area (TPSA) is 17.8 Å². The Morgan fingerprint density at radius 2 is 2.00 bits per heavy atom. The van der Waals surface area contributed by atoms with Crippen molar-refractivity contribution in [1.29, 1.82) is 0 Å². The van der Waals surface area contributed by atoms with Crippen LogP contribution in [0.25, 0.3) is 11.0 Å². The van der Waals surface area contributed by atoms with E-state index in [-0.39, 0.29) is 11.7 Å². The molecule has 92 valence electrons. The van der Waals surface area contributed by atoms with E-state index in [1.807, 2.05) is 0 Å². The Balaban J connectivity index is 2.63. The summed E-state index contributed by atoms with van der Waals surface area (Å²) >= 11 is 11.5. The van der Waals surface area contributed by atoms with Crippen LogP contribution in [0.2, 0.25) is 5.02 Å². The van der Waals surface area contributed by atoms with Crippen LogP contribution in [0.15, 0.2) is 18.2 Å². The van der Waals surface area contributed by atoms with Crippen LogP contribution in [0.1, 0.15) is 5.82 Å². The van der Waals surface area contributed by atoms with Gasteiger partial charge in [0.05, 0.1) is 16.4 Å². The van der Waals surface area contributed by atoms with Crippen molar-refractivity contribution in [3.8, 4) is 0 Å². The minimum absolute atomic E-state index is 0.0961. The van der Waals surface area contributed by atoms with E-state index in [1.54, 1.807) is 12.1 Å². The molecule has 0 unspecified atom stereocenters. The van der Waals surface area contributed by atoms with Gasteiger partial charge in [-0.25, -0.2) is 4.98 Å². The molecule has 0 amide bonds. The number of alkyl halides is 4. The highest BCUT2D eigenvalue weighted by Crippen LogP contribution is 2.27. The van der Waals surface area contributed by atoms with E-state index in [0.717, 1.165) is 4.57 Å². The third-order valence-electron chi connectivity index (χ3n) is 2.27. The van der Waals surface area contributed by atoms with Gasteiger partial charge in [0.15, 0.2) is 0 Å². The largest absolute Gasteiger partial charge is 0.406 e. The Morgan fingerprint density at radius 3 is 2.59 bits per heavy atom. The maximum absolute atomic E-state index is 12.4. The molecule has 2 aromatic rings. The van der Waals surface area contributed by atoms with Crippen molar-refractivity contribution in [2.24, 2.45) is 0 Å². The fraction of sp³-hybridized carbons (Fsp3) is 0.300. The molecule has 0 saturated heterocycles. The highest BCUT2D eigenvalue weighted by molar-refractivity contribution is 6.35. The second-order valence-electron chi connectivity index (χ2n) is 3.47. The number of imidazole rings is 1. The predicted molar refractivity (Wildman–Crippen MR) is 60.4 cm³/mol. The number of halogens is 5. The summed E-state index contributed by atoms with van der Waals surface area (Å²) in [7, 11) is 0. The Morgan fingerprint density at radius 1 is 1.29 bits per heavy atom. The van der Waals surface area contributed by atoms with Gasteiger partial charge in [-0.3, -0.25) is 0 Å². The van der Waals surface area contributed by atoms with Crippen molar-refractivity contribution in [1.82, 2.24) is 9.55 Å². The molecule has 0 atom stereocenters. The number of para-hydroxylation sites is 1. The highest BCUT2D eigenvalue weighted by atomic mass is 35.5. The van der Waals surface area contributed by atoms with E-state index in [9.17, 15) is 13.2 Å². The van der Waals surface area contributed by atoms with Gasteiger partial charge in [0.1, 0.15) is 17.9 Å². The van der Waals surface area contributed by atoms with Gasteiger partial charge in [0.25, 0.3) is 0 Å². The number of benzene rings is 1. The zero-order chi connectivity index (χ0) is 12.6. The van der Waals surface area contributed by atoms with Crippen molar-refractivity contribution in [3.63, 3.8) is 0 Å². The molecular formula is C10H7Cl2F3N2. The van der Waals surface area contributed by atoms with Crippen LogP contribution in [0.5, 0.6) is 0 Å². The summed E-state index contributed by atoms with van der Waals surface area (Å²) in [4.78, 5) is 4.01. The maximum atomic E-state index is 12.4. The molecule has 0 aliphatic carbocycles. The van der Waals surface area contributed by atoms with Gasteiger partial charge in [-0.2, -0.15) is 13.2 Å². The first-order valence-corrected chi connectivity index (χ1v) is 5.60. The maximum Gasteiger partial charge on any atom is 0.406 e. The molecule has 2 rings (SSSR count). The second-order valence-corrected chi connectivity index (χ2v) is 4.15. The lowest BCUT2D eigenvalue weighted by Crippen LogP contribution is -2.19. The lowest BCUT2D eigenvalue weighted by atomic mass is 10.3. The molecule has 0 N–H and O–H groups in total. The van der Waals surface area contributed by atoms with Crippen LogP contribution in [0.4, 0.5) is 13.2 Å². The Labute approximate surface area is 105 Å². The summed E-state index contributed by atoms with van der Waals surface area (Å²) in [5.41, 5.74) is 0.680. The number of hydrogen-bond donors (Lipinski definition) is 0. The zero-order valence-electron chi connectivity index (χ0n) is 8.43. The first-order valence-electron chi connectivity index (χ1n) is 4.68. The van der Waals surface area contributed by atoms with Gasteiger partial charge in [-0.15, -0.1) is 11.6 Å². The molecule has 1 aromatic carbocycles. The monoisotopic (exact) mass is 282 g/mol. The number of fused-ring (bicyclic) bond motifs is 1. The minimum atomic E-state index is -4.32. The highest BCUT2D eigenvalue weighted by Gasteiger charge is 2.30. The fourth-order valence-electron chi connectivity index (χ4n) is 1.62. The zero-order valence-corrected chi connectivity index (χ0v) is 9.94. The SMILES string of the molecule is FC(F)(F)Cn1c(CCl)nc2c(Cl)cccc21. The van der Waals surface area contributed by atoms with Crippen molar-refractivity contribution in [2.75, 3.05) is 0 Å². The van der Waals surface area contributed by atoms with E-state index >= 15 is 0 Å². The molecule has 0 radical (unpaired) electrons. The van der Waals surface area contributed by atoms with Crippen molar-refractivity contribution >= 4 is 34.2 Å². The summed E-state index contributed by atoms with van der Waals surface area (Å²) in [5, 5.41) is 0.315. The molecule has 0 spiro atoms. The summed E-state index contributed by atoms with van der Waals surface area (Å²) < 4.78 is 38.4. The summed E-state index contributed by atoms with van der Waals surface area (Å²) in [6, 6.07) is 4.69. The van der Waals surface area contributed by atoms with Gasteiger partial charge >= 0.3 is 6.18 Å². The summed E-state index contributed by atoms with van der Waals surface area (Å²) in [6.07, 6.45) is -4.32. The molecule has 2 nitrogen and oxygen atoms in total. The van der Waals surface area contributed by atoms with E-state index in [1.165, 1.54) is 6.07 Å². The molecule has 0 aliphatic rings. The first-order chi connectivity index (χ1) is 7.92. The average Bonchev–Trinajstić information content (AvgIpc) is 2.56. The molecular weight excluding hydrogens is 276 g/mol. The smallest absolute Gasteiger partial charge is 0.318 e. The molecule has 1 heterocycles. The Kier molecular flexibility index (Phi) is 3.23. The van der Waals surface area contributed by atoms with Gasteiger partial charge in [0, 0.05) is 0 Å². The van der Waals surface area contributed by atoms with Crippen LogP contribution in [0, 0.1) is 0 Å². The molecule has 0 bridgehead atoms. The summed E-state index contributed by atoms with van der Waals surface area (Å²) in [5.74, 6) is 0.0632. The Hall–Kier alpha value is -0.940. The summed E-state index contributed by atoms with van der Waals surface area (Å²) in [6.45, 7) is -1.12. The molecule has 1 aromatic heterocycles. The standard InChI is InChI=1S/C10H7Cl2F3N2/c11-4-8-16-9-6(12)2-1-3-7(9)17(8)5-10(13,14)15/h1-3H,4-5H2. The van der Waals surface area contributed by atoms with E-state index in [0.29, 0.717) is 16.1 Å². The van der Waals surface area contributed by atoms with Crippen LogP contribution >= 0.6 is 23.2 Å². The van der Waals surface area contributed by atoms with Crippen molar-refractivity contribution < 1.29 is 13.2 Å².